The van der Waals surface area contributed by atoms with Crippen LogP contribution in [0.15, 0.2) is 18.3 Å². The molecule has 2 N–H and O–H groups in total. The summed E-state index contributed by atoms with van der Waals surface area (Å²) < 4.78 is 5.02. The van der Waals surface area contributed by atoms with Crippen molar-refractivity contribution >= 4 is 17.5 Å². The van der Waals surface area contributed by atoms with Crippen LogP contribution in [0.4, 0.5) is 17.5 Å². The largest absolute Gasteiger partial charge is 0.385 e. The van der Waals surface area contributed by atoms with Gasteiger partial charge >= 0.3 is 0 Å². The Morgan fingerprint density at radius 1 is 1.14 bits per heavy atom. The maximum absolute atomic E-state index is 5.02. The summed E-state index contributed by atoms with van der Waals surface area (Å²) >= 11 is 0. The fourth-order valence-corrected chi connectivity index (χ4v) is 2.36. The summed E-state index contributed by atoms with van der Waals surface area (Å²) in [6.07, 6.45) is 2.53. The molecule has 0 aliphatic rings. The highest BCUT2D eigenvalue weighted by Crippen LogP contribution is 2.24. The third kappa shape index (κ3) is 4.39. The first-order valence-corrected chi connectivity index (χ1v) is 7.37. The van der Waals surface area contributed by atoms with E-state index in [0.29, 0.717) is 11.8 Å². The molecule has 118 valence electrons. The van der Waals surface area contributed by atoms with E-state index in [1.807, 2.05) is 0 Å². The molecule has 1 heterocycles. The number of benzene rings is 1. The Kier molecular flexibility index (Phi) is 5.66. The Bertz CT molecular complexity index is 607. The second kappa shape index (κ2) is 7.70. The van der Waals surface area contributed by atoms with Gasteiger partial charge in [0.05, 0.1) is 6.20 Å². The number of anilines is 3. The Morgan fingerprint density at radius 2 is 1.86 bits per heavy atom. The van der Waals surface area contributed by atoms with Crippen molar-refractivity contribution in [1.29, 1.82) is 0 Å². The van der Waals surface area contributed by atoms with Crippen LogP contribution in [0.1, 0.15) is 23.1 Å². The summed E-state index contributed by atoms with van der Waals surface area (Å²) in [6, 6.07) is 4.27. The minimum absolute atomic E-state index is 0.492. The number of hydrogen-bond donors (Lipinski definition) is 2. The number of methoxy groups -OCH3 is 1. The highest BCUT2D eigenvalue weighted by molar-refractivity contribution is 5.64. The van der Waals surface area contributed by atoms with Crippen LogP contribution in [-0.4, -0.2) is 35.4 Å². The molecule has 1 aromatic carbocycles. The number of aryl methyl sites for hydroxylation is 3. The van der Waals surface area contributed by atoms with E-state index in [9.17, 15) is 0 Å². The molecule has 0 atom stereocenters. The van der Waals surface area contributed by atoms with Crippen LogP contribution in [0.2, 0.25) is 0 Å². The van der Waals surface area contributed by atoms with Gasteiger partial charge in [0, 0.05) is 25.9 Å². The van der Waals surface area contributed by atoms with Crippen LogP contribution >= 0.6 is 0 Å². The molecule has 2 aromatic rings. The van der Waals surface area contributed by atoms with Crippen molar-refractivity contribution in [2.75, 3.05) is 30.9 Å². The fourth-order valence-electron chi connectivity index (χ4n) is 2.36. The first kappa shape index (κ1) is 16.2. The number of hydrogen-bond acceptors (Lipinski definition) is 6. The van der Waals surface area contributed by atoms with Gasteiger partial charge in [-0.15, -0.1) is 5.10 Å². The summed E-state index contributed by atoms with van der Waals surface area (Å²) in [6.45, 7) is 7.74. The zero-order chi connectivity index (χ0) is 15.9. The zero-order valence-electron chi connectivity index (χ0n) is 13.6. The Hall–Kier alpha value is -2.21. The van der Waals surface area contributed by atoms with Crippen molar-refractivity contribution < 1.29 is 4.74 Å². The van der Waals surface area contributed by atoms with Crippen LogP contribution < -0.4 is 10.6 Å². The molecule has 0 saturated carbocycles. The lowest BCUT2D eigenvalue weighted by Gasteiger charge is -2.13. The molecule has 0 radical (unpaired) electrons. The maximum Gasteiger partial charge on any atom is 0.249 e. The lowest BCUT2D eigenvalue weighted by atomic mass is 10.1. The zero-order valence-corrected chi connectivity index (χ0v) is 13.6. The van der Waals surface area contributed by atoms with Crippen molar-refractivity contribution in [3.05, 3.63) is 35.0 Å². The van der Waals surface area contributed by atoms with E-state index in [0.717, 1.165) is 25.3 Å². The van der Waals surface area contributed by atoms with Gasteiger partial charge in [0.1, 0.15) is 0 Å². The Labute approximate surface area is 131 Å². The third-order valence-electron chi connectivity index (χ3n) is 3.30. The van der Waals surface area contributed by atoms with Gasteiger partial charge in [0.15, 0.2) is 5.82 Å². The van der Waals surface area contributed by atoms with E-state index in [-0.39, 0.29) is 0 Å². The van der Waals surface area contributed by atoms with Crippen molar-refractivity contribution in [2.45, 2.75) is 27.2 Å². The SMILES string of the molecule is COCCCNc1cnnc(Nc2c(C)cc(C)cc2C)n1. The van der Waals surface area contributed by atoms with Gasteiger partial charge in [-0.25, -0.2) is 0 Å². The second-order valence-electron chi connectivity index (χ2n) is 5.34. The van der Waals surface area contributed by atoms with E-state index in [1.165, 1.54) is 16.7 Å². The van der Waals surface area contributed by atoms with Gasteiger partial charge < -0.3 is 15.4 Å². The molecule has 0 unspecified atom stereocenters. The lowest BCUT2D eigenvalue weighted by molar-refractivity contribution is 0.197. The fraction of sp³-hybridized carbons (Fsp3) is 0.438. The number of rotatable bonds is 7. The number of nitrogens with zero attached hydrogens (tertiary/aromatic N) is 3. The number of ether oxygens (including phenoxy) is 1. The monoisotopic (exact) mass is 301 g/mol. The summed E-state index contributed by atoms with van der Waals surface area (Å²) in [5, 5.41) is 14.5. The van der Waals surface area contributed by atoms with Crippen molar-refractivity contribution in [3.63, 3.8) is 0 Å². The summed E-state index contributed by atoms with van der Waals surface area (Å²) in [4.78, 5) is 4.43. The average Bonchev–Trinajstić information content (AvgIpc) is 2.48. The van der Waals surface area contributed by atoms with Crippen LogP contribution in [0.25, 0.3) is 0 Å². The Balaban J connectivity index is 2.07. The molecular formula is C16H23N5O. The molecular weight excluding hydrogens is 278 g/mol. The molecule has 22 heavy (non-hydrogen) atoms. The molecule has 2 rings (SSSR count). The first-order chi connectivity index (χ1) is 10.6. The molecule has 0 spiro atoms. The van der Waals surface area contributed by atoms with E-state index in [4.69, 9.17) is 4.74 Å². The standard InChI is InChI=1S/C16H23N5O/c1-11-8-12(2)15(13(3)9-11)20-16-19-14(10-18-21-16)17-6-5-7-22-4/h8-10H,5-7H2,1-4H3,(H2,17,19,20,21). The number of nitrogens with one attached hydrogen (secondary N) is 2. The smallest absolute Gasteiger partial charge is 0.249 e. The van der Waals surface area contributed by atoms with E-state index in [2.05, 4.69) is 58.7 Å². The summed E-state index contributed by atoms with van der Waals surface area (Å²) in [5.74, 6) is 1.20. The van der Waals surface area contributed by atoms with E-state index in [1.54, 1.807) is 13.3 Å². The van der Waals surface area contributed by atoms with E-state index < -0.39 is 0 Å². The van der Waals surface area contributed by atoms with Gasteiger partial charge in [-0.1, -0.05) is 17.7 Å². The minimum Gasteiger partial charge on any atom is -0.385 e. The quantitative estimate of drug-likeness (QED) is 0.766. The van der Waals surface area contributed by atoms with Gasteiger partial charge in [-0.2, -0.15) is 10.1 Å². The highest BCUT2D eigenvalue weighted by Gasteiger charge is 2.07. The lowest BCUT2D eigenvalue weighted by Crippen LogP contribution is -2.09. The minimum atomic E-state index is 0.492. The van der Waals surface area contributed by atoms with Crippen molar-refractivity contribution in [1.82, 2.24) is 15.2 Å². The molecule has 0 aliphatic heterocycles. The van der Waals surface area contributed by atoms with Gasteiger partial charge in [-0.3, -0.25) is 0 Å². The predicted octanol–water partition coefficient (Wildman–Crippen LogP) is 2.99. The van der Waals surface area contributed by atoms with Gasteiger partial charge in [0.2, 0.25) is 5.95 Å². The van der Waals surface area contributed by atoms with Gasteiger partial charge in [0.25, 0.3) is 0 Å². The molecule has 0 amide bonds. The molecule has 6 nitrogen and oxygen atoms in total. The van der Waals surface area contributed by atoms with Crippen molar-refractivity contribution in [2.24, 2.45) is 0 Å². The number of aromatic nitrogens is 3. The molecule has 0 fully saturated rings. The molecule has 1 aromatic heterocycles. The molecule has 0 bridgehead atoms. The average molecular weight is 301 g/mol. The second-order valence-corrected chi connectivity index (χ2v) is 5.34. The van der Waals surface area contributed by atoms with Crippen LogP contribution in [0.5, 0.6) is 0 Å². The van der Waals surface area contributed by atoms with E-state index >= 15 is 0 Å². The van der Waals surface area contributed by atoms with Crippen LogP contribution in [0, 0.1) is 20.8 Å². The maximum atomic E-state index is 5.02. The van der Waals surface area contributed by atoms with Crippen molar-refractivity contribution in [3.8, 4) is 0 Å². The van der Waals surface area contributed by atoms with Crippen LogP contribution in [0.3, 0.4) is 0 Å². The first-order valence-electron chi connectivity index (χ1n) is 7.37. The van der Waals surface area contributed by atoms with Gasteiger partial charge in [-0.05, 0) is 38.3 Å². The summed E-state index contributed by atoms with van der Waals surface area (Å²) in [5.41, 5.74) is 4.61. The normalized spacial score (nSPS) is 10.5. The topological polar surface area (TPSA) is 72.0 Å². The Morgan fingerprint density at radius 3 is 2.55 bits per heavy atom. The third-order valence-corrected chi connectivity index (χ3v) is 3.30. The molecule has 0 saturated heterocycles. The summed E-state index contributed by atoms with van der Waals surface area (Å²) in [7, 11) is 1.69. The molecule has 6 heteroatoms. The molecule has 0 aliphatic carbocycles. The highest BCUT2D eigenvalue weighted by atomic mass is 16.5. The van der Waals surface area contributed by atoms with Crippen LogP contribution in [-0.2, 0) is 4.74 Å². The predicted molar refractivity (Wildman–Crippen MR) is 88.7 cm³/mol.